The van der Waals surface area contributed by atoms with Crippen molar-refractivity contribution in [1.29, 1.82) is 0 Å². The average Bonchev–Trinajstić information content (AvgIpc) is 2.81. The molecule has 3 rings (SSSR count). The van der Waals surface area contributed by atoms with Gasteiger partial charge in [-0.05, 0) is 18.9 Å². The van der Waals surface area contributed by atoms with Crippen LogP contribution in [0.5, 0.6) is 0 Å². The number of nitrogens with one attached hydrogen (secondary N) is 1. The van der Waals surface area contributed by atoms with Gasteiger partial charge in [0.25, 0.3) is 0 Å². The predicted molar refractivity (Wildman–Crippen MR) is 83.5 cm³/mol. The standard InChI is InChI=1S/C16H16N2OS/c1-9(2)14-10(3)17-15(18-16(14)20)12-8-19-13-7-5-4-6-11(12)13/h4-9H,1-3H3,(H,17,18,20). The molecule has 0 aliphatic carbocycles. The molecule has 0 saturated heterocycles. The van der Waals surface area contributed by atoms with Crippen molar-refractivity contribution < 1.29 is 4.42 Å². The normalized spacial score (nSPS) is 11.4. The Hall–Kier alpha value is -1.94. The van der Waals surface area contributed by atoms with E-state index >= 15 is 0 Å². The molecule has 1 aromatic carbocycles. The number of hydrogen-bond donors (Lipinski definition) is 1. The van der Waals surface area contributed by atoms with Gasteiger partial charge in [0.1, 0.15) is 22.3 Å². The zero-order valence-electron chi connectivity index (χ0n) is 11.7. The van der Waals surface area contributed by atoms with E-state index in [4.69, 9.17) is 16.6 Å². The van der Waals surface area contributed by atoms with Gasteiger partial charge in [-0.15, -0.1) is 0 Å². The van der Waals surface area contributed by atoms with Gasteiger partial charge in [-0.3, -0.25) is 0 Å². The molecule has 1 N–H and O–H groups in total. The fraction of sp³-hybridized carbons (Fsp3) is 0.250. The lowest BCUT2D eigenvalue weighted by Crippen LogP contribution is -2.01. The van der Waals surface area contributed by atoms with Crippen molar-refractivity contribution in [2.75, 3.05) is 0 Å². The van der Waals surface area contributed by atoms with Gasteiger partial charge in [-0.2, -0.15) is 0 Å². The Morgan fingerprint density at radius 1 is 1.25 bits per heavy atom. The van der Waals surface area contributed by atoms with Crippen LogP contribution in [0.3, 0.4) is 0 Å². The summed E-state index contributed by atoms with van der Waals surface area (Å²) in [5.41, 5.74) is 3.98. The summed E-state index contributed by atoms with van der Waals surface area (Å²) in [6.07, 6.45) is 1.73. The highest BCUT2D eigenvalue weighted by molar-refractivity contribution is 7.71. The molecular formula is C16H16N2OS. The second-order valence-corrected chi connectivity index (χ2v) is 5.62. The summed E-state index contributed by atoms with van der Waals surface area (Å²) < 4.78 is 6.23. The Balaban J connectivity index is 2.23. The molecule has 102 valence electrons. The number of para-hydroxylation sites is 1. The third-order valence-electron chi connectivity index (χ3n) is 3.47. The Bertz CT molecular complexity index is 830. The first-order chi connectivity index (χ1) is 9.58. The van der Waals surface area contributed by atoms with E-state index in [-0.39, 0.29) is 0 Å². The Labute approximate surface area is 122 Å². The monoisotopic (exact) mass is 284 g/mol. The van der Waals surface area contributed by atoms with Gasteiger partial charge < -0.3 is 9.40 Å². The molecule has 0 bridgehead atoms. The molecule has 0 spiro atoms. The van der Waals surface area contributed by atoms with Gasteiger partial charge in [0.2, 0.25) is 0 Å². The average molecular weight is 284 g/mol. The Morgan fingerprint density at radius 2 is 2.00 bits per heavy atom. The van der Waals surface area contributed by atoms with Gasteiger partial charge in [0.15, 0.2) is 0 Å². The highest BCUT2D eigenvalue weighted by Crippen LogP contribution is 2.29. The van der Waals surface area contributed by atoms with E-state index in [1.54, 1.807) is 6.26 Å². The van der Waals surface area contributed by atoms with Crippen LogP contribution in [0.1, 0.15) is 31.0 Å². The number of hydrogen-bond acceptors (Lipinski definition) is 3. The minimum atomic E-state index is 0.362. The molecule has 0 amide bonds. The largest absolute Gasteiger partial charge is 0.464 e. The summed E-state index contributed by atoms with van der Waals surface area (Å²) in [4.78, 5) is 7.90. The van der Waals surface area contributed by atoms with Crippen molar-refractivity contribution in [1.82, 2.24) is 9.97 Å². The molecule has 0 aliphatic heterocycles. The van der Waals surface area contributed by atoms with Crippen molar-refractivity contribution in [3.63, 3.8) is 0 Å². The van der Waals surface area contributed by atoms with Crippen LogP contribution in [-0.4, -0.2) is 9.97 Å². The van der Waals surface area contributed by atoms with Gasteiger partial charge in [0, 0.05) is 16.6 Å². The number of aromatic nitrogens is 2. The van der Waals surface area contributed by atoms with E-state index < -0.39 is 0 Å². The molecule has 2 heterocycles. The molecule has 0 fully saturated rings. The highest BCUT2D eigenvalue weighted by atomic mass is 32.1. The molecule has 4 heteroatoms. The van der Waals surface area contributed by atoms with Crippen LogP contribution in [0, 0.1) is 11.6 Å². The lowest BCUT2D eigenvalue weighted by atomic mass is 10.0. The number of aryl methyl sites for hydroxylation is 1. The minimum Gasteiger partial charge on any atom is -0.464 e. The number of benzene rings is 1. The molecule has 20 heavy (non-hydrogen) atoms. The summed E-state index contributed by atoms with van der Waals surface area (Å²) in [5, 5.41) is 1.04. The predicted octanol–water partition coefficient (Wildman–Crippen LogP) is 4.98. The van der Waals surface area contributed by atoms with Crippen LogP contribution in [-0.2, 0) is 0 Å². The van der Waals surface area contributed by atoms with E-state index in [9.17, 15) is 0 Å². The van der Waals surface area contributed by atoms with Crippen LogP contribution in [0.15, 0.2) is 34.9 Å². The summed E-state index contributed by atoms with van der Waals surface area (Å²) in [6, 6.07) is 7.92. The van der Waals surface area contributed by atoms with Crippen molar-refractivity contribution >= 4 is 23.2 Å². The molecule has 3 nitrogen and oxygen atoms in total. The third kappa shape index (κ3) is 2.06. The van der Waals surface area contributed by atoms with E-state index in [1.165, 1.54) is 0 Å². The number of rotatable bonds is 2. The second kappa shape index (κ2) is 4.87. The molecule has 2 aromatic heterocycles. The lowest BCUT2D eigenvalue weighted by Gasteiger charge is -2.11. The number of aromatic amines is 1. The fourth-order valence-electron chi connectivity index (χ4n) is 2.56. The lowest BCUT2D eigenvalue weighted by molar-refractivity contribution is 0.616. The fourth-order valence-corrected chi connectivity index (χ4v) is 3.04. The maximum Gasteiger partial charge on any atom is 0.143 e. The highest BCUT2D eigenvalue weighted by Gasteiger charge is 2.13. The first-order valence-electron chi connectivity index (χ1n) is 6.65. The first kappa shape index (κ1) is 13.1. The quantitative estimate of drug-likeness (QED) is 0.674. The first-order valence-corrected chi connectivity index (χ1v) is 7.06. The molecule has 0 saturated carbocycles. The third-order valence-corrected chi connectivity index (χ3v) is 3.78. The number of furan rings is 1. The molecule has 0 unspecified atom stereocenters. The van der Waals surface area contributed by atoms with Gasteiger partial charge >= 0.3 is 0 Å². The molecule has 0 aliphatic rings. The minimum absolute atomic E-state index is 0.362. The van der Waals surface area contributed by atoms with Crippen molar-refractivity contribution in [2.24, 2.45) is 0 Å². The summed E-state index contributed by atoms with van der Waals surface area (Å²) in [7, 11) is 0. The molecular weight excluding hydrogens is 268 g/mol. The van der Waals surface area contributed by atoms with Crippen molar-refractivity contribution in [3.8, 4) is 11.4 Å². The van der Waals surface area contributed by atoms with E-state index in [0.29, 0.717) is 10.6 Å². The van der Waals surface area contributed by atoms with Crippen LogP contribution in [0.25, 0.3) is 22.4 Å². The van der Waals surface area contributed by atoms with Gasteiger partial charge in [-0.1, -0.05) is 44.3 Å². The van der Waals surface area contributed by atoms with Crippen LogP contribution in [0.2, 0.25) is 0 Å². The molecule has 0 radical (unpaired) electrons. The second-order valence-electron chi connectivity index (χ2n) is 5.23. The Kier molecular flexibility index (Phi) is 3.18. The smallest absolute Gasteiger partial charge is 0.143 e. The van der Waals surface area contributed by atoms with Gasteiger partial charge in [-0.25, -0.2) is 4.98 Å². The zero-order valence-corrected chi connectivity index (χ0v) is 12.5. The number of H-pyrrole nitrogens is 1. The van der Waals surface area contributed by atoms with Crippen molar-refractivity contribution in [2.45, 2.75) is 26.7 Å². The van der Waals surface area contributed by atoms with Crippen LogP contribution in [0.4, 0.5) is 0 Å². The summed E-state index contributed by atoms with van der Waals surface area (Å²) >= 11 is 5.44. The number of nitrogens with zero attached hydrogens (tertiary/aromatic N) is 1. The van der Waals surface area contributed by atoms with Crippen LogP contribution < -0.4 is 0 Å². The van der Waals surface area contributed by atoms with Crippen molar-refractivity contribution in [3.05, 3.63) is 46.4 Å². The van der Waals surface area contributed by atoms with E-state index in [0.717, 1.165) is 33.6 Å². The topological polar surface area (TPSA) is 41.8 Å². The zero-order chi connectivity index (χ0) is 14.3. The van der Waals surface area contributed by atoms with E-state index in [1.807, 2.05) is 31.2 Å². The summed E-state index contributed by atoms with van der Waals surface area (Å²) in [5.74, 6) is 1.13. The molecule has 0 atom stereocenters. The maximum absolute atomic E-state index is 5.57. The summed E-state index contributed by atoms with van der Waals surface area (Å²) in [6.45, 7) is 6.29. The van der Waals surface area contributed by atoms with Gasteiger partial charge in [0.05, 0.1) is 5.56 Å². The Morgan fingerprint density at radius 3 is 2.70 bits per heavy atom. The SMILES string of the molecule is Cc1[nH]c(-c2coc3ccccc23)nc(=S)c1C(C)C. The van der Waals surface area contributed by atoms with E-state index in [2.05, 4.69) is 23.8 Å². The maximum atomic E-state index is 5.57. The van der Waals surface area contributed by atoms with Crippen LogP contribution >= 0.6 is 12.2 Å². The number of fused-ring (bicyclic) bond motifs is 1. The molecule has 3 aromatic rings.